The highest BCUT2D eigenvalue weighted by Gasteiger charge is 2.25. The lowest BCUT2D eigenvalue weighted by atomic mass is 9.87. The Morgan fingerprint density at radius 3 is 2.67 bits per heavy atom. The van der Waals surface area contributed by atoms with E-state index in [-0.39, 0.29) is 5.91 Å². The molecule has 1 amide bonds. The molecule has 6 heteroatoms. The number of nitrogens with two attached hydrogens (primary N) is 1. The van der Waals surface area contributed by atoms with Gasteiger partial charge in [-0.2, -0.15) is 0 Å². The predicted octanol–water partition coefficient (Wildman–Crippen LogP) is 3.13. The van der Waals surface area contributed by atoms with Gasteiger partial charge in [-0.05, 0) is 43.7 Å². The highest BCUT2D eigenvalue weighted by atomic mass is 32.2. The fourth-order valence-corrected chi connectivity index (χ4v) is 4.50. The lowest BCUT2D eigenvalue weighted by molar-refractivity contribution is 0.0923. The third kappa shape index (κ3) is 3.74. The minimum Gasteiger partial charge on any atom is -0.397 e. The number of thioether (sulfide) groups is 1. The van der Waals surface area contributed by atoms with Gasteiger partial charge in [-0.1, -0.05) is 6.92 Å². The molecule has 132 valence electrons. The van der Waals surface area contributed by atoms with Crippen LogP contribution in [-0.2, 0) is 0 Å². The zero-order valence-corrected chi connectivity index (χ0v) is 15.4. The standard InChI is InChI=1S/C18H28N4OS/c1-12-3-5-13(6-4-12)21-18(23)14-9-15(19)16(20-2)10-17(14)22-7-8-24-11-22/h9-10,12-13,20H,3-8,11,19H2,1-2H3,(H,21,23)/t12-,13-. The van der Waals surface area contributed by atoms with E-state index < -0.39 is 0 Å². The molecule has 2 aliphatic rings. The molecule has 2 fully saturated rings. The number of hydrogen-bond donors (Lipinski definition) is 3. The minimum absolute atomic E-state index is 0.0100. The SMILES string of the molecule is CNc1cc(N2CCSC2)c(C(=O)N[C@H]2CC[C@H](C)CC2)cc1N. The lowest BCUT2D eigenvalue weighted by Gasteiger charge is -2.28. The largest absolute Gasteiger partial charge is 0.397 e. The van der Waals surface area contributed by atoms with Crippen molar-refractivity contribution in [1.29, 1.82) is 0 Å². The summed E-state index contributed by atoms with van der Waals surface area (Å²) in [7, 11) is 1.86. The molecule has 0 atom stereocenters. The summed E-state index contributed by atoms with van der Waals surface area (Å²) in [5.74, 6) is 2.81. The number of benzene rings is 1. The van der Waals surface area contributed by atoms with Crippen molar-refractivity contribution in [1.82, 2.24) is 5.32 Å². The highest BCUT2D eigenvalue weighted by molar-refractivity contribution is 7.99. The summed E-state index contributed by atoms with van der Waals surface area (Å²) in [5.41, 5.74) is 9.31. The smallest absolute Gasteiger partial charge is 0.253 e. The van der Waals surface area contributed by atoms with Crippen molar-refractivity contribution >= 4 is 34.7 Å². The first-order valence-electron chi connectivity index (χ1n) is 8.83. The molecule has 0 bridgehead atoms. The number of nitrogen functional groups attached to an aromatic ring is 1. The summed E-state index contributed by atoms with van der Waals surface area (Å²) in [6.45, 7) is 3.26. The van der Waals surface area contributed by atoms with E-state index in [9.17, 15) is 4.79 Å². The Labute approximate surface area is 148 Å². The molecule has 3 rings (SSSR count). The summed E-state index contributed by atoms with van der Waals surface area (Å²) in [6.07, 6.45) is 4.54. The van der Waals surface area contributed by atoms with Crippen LogP contribution in [0, 0.1) is 5.92 Å². The molecule has 1 saturated carbocycles. The highest BCUT2D eigenvalue weighted by Crippen LogP contribution is 2.33. The van der Waals surface area contributed by atoms with E-state index in [1.165, 1.54) is 12.8 Å². The molecule has 1 saturated heterocycles. The third-order valence-corrected chi connectivity index (χ3v) is 6.09. The molecule has 0 aromatic heterocycles. The number of anilines is 3. The second-order valence-electron chi connectivity index (χ2n) is 6.94. The summed E-state index contributed by atoms with van der Waals surface area (Å²) in [5, 5.41) is 6.36. The maximum Gasteiger partial charge on any atom is 0.253 e. The maximum absolute atomic E-state index is 12.9. The summed E-state index contributed by atoms with van der Waals surface area (Å²) >= 11 is 1.89. The maximum atomic E-state index is 12.9. The van der Waals surface area contributed by atoms with E-state index in [1.807, 2.05) is 30.9 Å². The second-order valence-corrected chi connectivity index (χ2v) is 8.01. The molecule has 1 aromatic carbocycles. The van der Waals surface area contributed by atoms with E-state index in [2.05, 4.69) is 22.5 Å². The summed E-state index contributed by atoms with van der Waals surface area (Å²) in [4.78, 5) is 15.2. The average molecular weight is 349 g/mol. The molecule has 1 aliphatic heterocycles. The molecular weight excluding hydrogens is 320 g/mol. The first-order chi connectivity index (χ1) is 11.6. The fraction of sp³-hybridized carbons (Fsp3) is 0.611. The molecule has 0 radical (unpaired) electrons. The monoisotopic (exact) mass is 348 g/mol. The van der Waals surface area contributed by atoms with Crippen molar-refractivity contribution in [3.05, 3.63) is 17.7 Å². The molecule has 1 heterocycles. The quantitative estimate of drug-likeness (QED) is 0.729. The van der Waals surface area contributed by atoms with Crippen LogP contribution >= 0.6 is 11.8 Å². The van der Waals surface area contributed by atoms with Crippen molar-refractivity contribution in [3.8, 4) is 0 Å². The van der Waals surface area contributed by atoms with E-state index >= 15 is 0 Å². The van der Waals surface area contributed by atoms with Crippen LogP contribution in [0.1, 0.15) is 43.0 Å². The molecule has 5 nitrogen and oxygen atoms in total. The van der Waals surface area contributed by atoms with Gasteiger partial charge in [-0.15, -0.1) is 11.8 Å². The van der Waals surface area contributed by atoms with Crippen molar-refractivity contribution in [3.63, 3.8) is 0 Å². The number of carbonyl (C=O) groups is 1. The van der Waals surface area contributed by atoms with Crippen LogP contribution in [-0.4, -0.2) is 37.2 Å². The number of amides is 1. The number of nitrogens with zero attached hydrogens (tertiary/aromatic N) is 1. The van der Waals surface area contributed by atoms with E-state index in [1.54, 1.807) is 0 Å². The molecule has 0 spiro atoms. The Morgan fingerprint density at radius 2 is 2.04 bits per heavy atom. The van der Waals surface area contributed by atoms with Gasteiger partial charge in [-0.25, -0.2) is 0 Å². The first-order valence-corrected chi connectivity index (χ1v) is 9.98. The van der Waals surface area contributed by atoms with E-state index in [0.717, 1.165) is 48.3 Å². The van der Waals surface area contributed by atoms with Crippen LogP contribution < -0.4 is 21.3 Å². The van der Waals surface area contributed by atoms with Crippen LogP contribution in [0.4, 0.5) is 17.1 Å². The van der Waals surface area contributed by atoms with Crippen LogP contribution in [0.2, 0.25) is 0 Å². The van der Waals surface area contributed by atoms with Gasteiger partial charge < -0.3 is 21.3 Å². The summed E-state index contributed by atoms with van der Waals surface area (Å²) < 4.78 is 0. The van der Waals surface area contributed by atoms with Crippen LogP contribution in [0.15, 0.2) is 12.1 Å². The van der Waals surface area contributed by atoms with Crippen molar-refractivity contribution in [2.75, 3.05) is 41.2 Å². The van der Waals surface area contributed by atoms with E-state index in [0.29, 0.717) is 17.3 Å². The predicted molar refractivity (Wildman–Crippen MR) is 104 cm³/mol. The number of nitrogens with one attached hydrogen (secondary N) is 2. The topological polar surface area (TPSA) is 70.4 Å². The summed E-state index contributed by atoms with van der Waals surface area (Å²) in [6, 6.07) is 4.13. The van der Waals surface area contributed by atoms with Crippen LogP contribution in [0.3, 0.4) is 0 Å². The van der Waals surface area contributed by atoms with Crippen molar-refractivity contribution in [2.24, 2.45) is 5.92 Å². The Kier molecular flexibility index (Phi) is 5.43. The second kappa shape index (κ2) is 7.55. The van der Waals surface area contributed by atoms with Gasteiger partial charge in [-0.3, -0.25) is 4.79 Å². The Balaban J connectivity index is 1.82. The fourth-order valence-electron chi connectivity index (χ4n) is 3.54. The van der Waals surface area contributed by atoms with Crippen molar-refractivity contribution in [2.45, 2.75) is 38.6 Å². The number of carbonyl (C=O) groups excluding carboxylic acids is 1. The van der Waals surface area contributed by atoms with Gasteiger partial charge in [0.25, 0.3) is 5.91 Å². The normalized spacial score (nSPS) is 24.0. The molecule has 24 heavy (non-hydrogen) atoms. The van der Waals surface area contributed by atoms with Crippen LogP contribution in [0.5, 0.6) is 0 Å². The van der Waals surface area contributed by atoms with Gasteiger partial charge in [0.15, 0.2) is 0 Å². The Hall–Kier alpha value is -1.56. The lowest BCUT2D eigenvalue weighted by Crippen LogP contribution is -2.38. The molecule has 1 aromatic rings. The number of rotatable bonds is 4. The number of hydrogen-bond acceptors (Lipinski definition) is 5. The Morgan fingerprint density at radius 1 is 1.29 bits per heavy atom. The third-order valence-electron chi connectivity index (χ3n) is 5.13. The molecular formula is C18H28N4OS. The zero-order valence-electron chi connectivity index (χ0n) is 14.6. The molecule has 4 N–H and O–H groups in total. The Bertz CT molecular complexity index is 593. The average Bonchev–Trinajstić information content (AvgIpc) is 3.11. The van der Waals surface area contributed by atoms with Crippen LogP contribution in [0.25, 0.3) is 0 Å². The van der Waals surface area contributed by atoms with Crippen molar-refractivity contribution < 1.29 is 4.79 Å². The molecule has 0 unspecified atom stereocenters. The van der Waals surface area contributed by atoms with Gasteiger partial charge in [0.05, 0.1) is 28.5 Å². The van der Waals surface area contributed by atoms with Gasteiger partial charge in [0.2, 0.25) is 0 Å². The van der Waals surface area contributed by atoms with E-state index in [4.69, 9.17) is 5.73 Å². The van der Waals surface area contributed by atoms with Gasteiger partial charge >= 0.3 is 0 Å². The minimum atomic E-state index is 0.0100. The zero-order chi connectivity index (χ0) is 17.1. The van der Waals surface area contributed by atoms with Gasteiger partial charge in [0.1, 0.15) is 0 Å². The first kappa shape index (κ1) is 17.3. The molecule has 1 aliphatic carbocycles. The van der Waals surface area contributed by atoms with Gasteiger partial charge in [0, 0.05) is 25.4 Å².